The quantitative estimate of drug-likeness (QED) is 0.670. The highest BCUT2D eigenvalue weighted by molar-refractivity contribution is 5.93. The van der Waals surface area contributed by atoms with Crippen molar-refractivity contribution in [2.24, 2.45) is 0 Å². The van der Waals surface area contributed by atoms with Crippen LogP contribution in [0.2, 0.25) is 0 Å². The molecule has 0 radical (unpaired) electrons. The second kappa shape index (κ2) is 9.08. The molecule has 4 rings (SSSR count). The van der Waals surface area contributed by atoms with Crippen LogP contribution < -0.4 is 10.6 Å². The molecule has 0 aliphatic carbocycles. The lowest BCUT2D eigenvalue weighted by molar-refractivity contribution is 0.132. The Morgan fingerprint density at radius 3 is 2.73 bits per heavy atom. The highest BCUT2D eigenvalue weighted by Crippen LogP contribution is 2.24. The fourth-order valence-electron chi connectivity index (χ4n) is 3.56. The number of hydrogen-bond acceptors (Lipinski definition) is 5. The first-order chi connectivity index (χ1) is 14.6. The lowest BCUT2D eigenvalue weighted by Gasteiger charge is -2.32. The van der Waals surface area contributed by atoms with Crippen molar-refractivity contribution < 1.29 is 13.6 Å². The molecule has 7 nitrogen and oxygen atoms in total. The van der Waals surface area contributed by atoms with Crippen LogP contribution in [0.3, 0.4) is 0 Å². The Bertz CT molecular complexity index is 1010. The number of likely N-dealkylation sites (tertiary alicyclic amines) is 1. The molecule has 1 aliphatic rings. The van der Waals surface area contributed by atoms with Gasteiger partial charge in [-0.05, 0) is 42.5 Å². The molecule has 0 unspecified atom stereocenters. The minimum atomic E-state index is -2.36. The van der Waals surface area contributed by atoms with Crippen molar-refractivity contribution >= 4 is 22.6 Å². The van der Waals surface area contributed by atoms with Gasteiger partial charge in [0.15, 0.2) is 0 Å². The topological polar surface area (TPSA) is 83.0 Å². The number of benzene rings is 1. The molecule has 1 aromatic carbocycles. The average Bonchev–Trinajstić information content (AvgIpc) is 2.78. The molecule has 0 atom stereocenters. The van der Waals surface area contributed by atoms with E-state index in [-0.39, 0.29) is 18.6 Å². The van der Waals surface area contributed by atoms with Gasteiger partial charge in [0.2, 0.25) is 0 Å². The summed E-state index contributed by atoms with van der Waals surface area (Å²) in [6.07, 6.45) is 2.27. The Balaban J connectivity index is 1.40. The predicted molar refractivity (Wildman–Crippen MR) is 110 cm³/mol. The molecule has 2 aromatic heterocycles. The minimum absolute atomic E-state index is 0.0151. The maximum absolute atomic E-state index is 12.6. The normalized spacial score (nSPS) is 15.0. The first-order valence-electron chi connectivity index (χ1n) is 9.84. The molecular formula is C21H22F2N6O. The van der Waals surface area contributed by atoms with Gasteiger partial charge in [0.25, 0.3) is 6.43 Å². The molecule has 2 amide bonds. The molecule has 156 valence electrons. The van der Waals surface area contributed by atoms with Crippen molar-refractivity contribution in [3.05, 3.63) is 48.8 Å². The van der Waals surface area contributed by atoms with Crippen molar-refractivity contribution in [2.75, 3.05) is 25.0 Å². The van der Waals surface area contributed by atoms with Crippen molar-refractivity contribution in [1.29, 1.82) is 0 Å². The third-order valence-electron chi connectivity index (χ3n) is 5.17. The van der Waals surface area contributed by atoms with E-state index in [1.165, 1.54) is 0 Å². The van der Waals surface area contributed by atoms with Gasteiger partial charge in [0.1, 0.15) is 5.82 Å². The number of fused-ring (bicyclic) bond motifs is 1. The van der Waals surface area contributed by atoms with Crippen LogP contribution >= 0.6 is 0 Å². The molecule has 0 spiro atoms. The van der Waals surface area contributed by atoms with Crippen molar-refractivity contribution in [2.45, 2.75) is 25.3 Å². The molecule has 0 bridgehead atoms. The summed E-state index contributed by atoms with van der Waals surface area (Å²) in [5.74, 6) is 0.460. The van der Waals surface area contributed by atoms with Crippen molar-refractivity contribution in [3.8, 4) is 11.3 Å². The smallest absolute Gasteiger partial charge is 0.323 e. The van der Waals surface area contributed by atoms with Gasteiger partial charge < -0.3 is 10.2 Å². The number of hydrogen-bond donors (Lipinski definition) is 2. The van der Waals surface area contributed by atoms with Gasteiger partial charge in [-0.1, -0.05) is 12.1 Å². The average molecular weight is 412 g/mol. The van der Waals surface area contributed by atoms with Crippen molar-refractivity contribution in [3.63, 3.8) is 0 Å². The van der Waals surface area contributed by atoms with Crippen molar-refractivity contribution in [1.82, 2.24) is 25.4 Å². The second-order valence-corrected chi connectivity index (χ2v) is 7.23. The molecule has 1 fully saturated rings. The number of nitrogens with zero attached hydrogens (tertiary/aromatic N) is 4. The van der Waals surface area contributed by atoms with E-state index in [2.05, 4.69) is 25.8 Å². The third-order valence-corrected chi connectivity index (χ3v) is 5.17. The standard InChI is InChI=1S/C21H22F2N6O/c22-19(23)13-24-17-5-8-29(9-6-17)21(30)27-20-11-16-10-14(3-4-15(16)12-25-20)18-2-1-7-26-28-18/h1-4,7,10-12,17,19,24H,5-6,8-9,13H2,(H,25,27,30). The van der Waals surface area contributed by atoms with E-state index >= 15 is 0 Å². The van der Waals surface area contributed by atoms with Crippen LogP contribution in [0, 0.1) is 0 Å². The van der Waals surface area contributed by atoms with E-state index in [4.69, 9.17) is 0 Å². The summed E-state index contributed by atoms with van der Waals surface area (Å²) < 4.78 is 24.6. The number of amides is 2. The first-order valence-corrected chi connectivity index (χ1v) is 9.84. The number of urea groups is 1. The number of pyridine rings is 1. The zero-order chi connectivity index (χ0) is 20.9. The second-order valence-electron chi connectivity index (χ2n) is 7.23. The SMILES string of the molecule is O=C(Nc1cc2cc(-c3cccnn3)ccc2cn1)N1CCC(NCC(F)F)CC1. The summed E-state index contributed by atoms with van der Waals surface area (Å²) in [6, 6.07) is 11.2. The zero-order valence-corrected chi connectivity index (χ0v) is 16.3. The molecule has 9 heteroatoms. The van der Waals surface area contributed by atoms with E-state index in [9.17, 15) is 13.6 Å². The molecule has 1 saturated heterocycles. The van der Waals surface area contributed by atoms with Crippen LogP contribution in [0.4, 0.5) is 19.4 Å². The van der Waals surface area contributed by atoms with Gasteiger partial charge in [0, 0.05) is 42.5 Å². The van der Waals surface area contributed by atoms with E-state index in [1.807, 2.05) is 36.4 Å². The number of alkyl halides is 2. The number of halogens is 2. The van der Waals surface area contributed by atoms with Gasteiger partial charge >= 0.3 is 6.03 Å². The van der Waals surface area contributed by atoms with Gasteiger partial charge in [-0.3, -0.25) is 5.32 Å². The van der Waals surface area contributed by atoms with Crippen LogP contribution in [0.25, 0.3) is 22.0 Å². The van der Waals surface area contributed by atoms with Crippen LogP contribution in [-0.2, 0) is 0 Å². The minimum Gasteiger partial charge on any atom is -0.324 e. The Hall–Kier alpha value is -3.20. The maximum atomic E-state index is 12.6. The summed E-state index contributed by atoms with van der Waals surface area (Å²) >= 11 is 0. The number of piperidine rings is 1. The fraction of sp³-hybridized carbons (Fsp3) is 0.333. The van der Waals surface area contributed by atoms with Gasteiger partial charge in [-0.25, -0.2) is 18.6 Å². The Labute approximate surface area is 172 Å². The summed E-state index contributed by atoms with van der Waals surface area (Å²) in [7, 11) is 0. The summed E-state index contributed by atoms with van der Waals surface area (Å²) in [5.41, 5.74) is 1.70. The Kier molecular flexibility index (Phi) is 6.08. The molecule has 3 heterocycles. The van der Waals surface area contributed by atoms with E-state index < -0.39 is 6.43 Å². The zero-order valence-electron chi connectivity index (χ0n) is 16.3. The monoisotopic (exact) mass is 412 g/mol. The number of anilines is 1. The first kappa shape index (κ1) is 20.1. The van der Waals surface area contributed by atoms with Gasteiger partial charge in [-0.2, -0.15) is 10.2 Å². The van der Waals surface area contributed by atoms with E-state index in [1.54, 1.807) is 17.3 Å². The third kappa shape index (κ3) is 4.85. The van der Waals surface area contributed by atoms with Crippen LogP contribution in [0.1, 0.15) is 12.8 Å². The number of rotatable bonds is 5. The molecule has 1 aliphatic heterocycles. The maximum Gasteiger partial charge on any atom is 0.323 e. The Morgan fingerprint density at radius 2 is 2.00 bits per heavy atom. The highest BCUT2D eigenvalue weighted by atomic mass is 19.3. The molecule has 2 N–H and O–H groups in total. The summed E-state index contributed by atoms with van der Waals surface area (Å²) in [6.45, 7) is 0.711. The van der Waals surface area contributed by atoms with E-state index in [0.29, 0.717) is 31.7 Å². The van der Waals surface area contributed by atoms with E-state index in [0.717, 1.165) is 22.0 Å². The lowest BCUT2D eigenvalue weighted by atomic mass is 10.1. The molecule has 30 heavy (non-hydrogen) atoms. The van der Waals surface area contributed by atoms with Crippen LogP contribution in [-0.4, -0.2) is 58.2 Å². The van der Waals surface area contributed by atoms with Gasteiger partial charge in [0.05, 0.1) is 12.2 Å². The molecule has 0 saturated carbocycles. The Morgan fingerprint density at radius 1 is 1.17 bits per heavy atom. The highest BCUT2D eigenvalue weighted by Gasteiger charge is 2.23. The van der Waals surface area contributed by atoms with Crippen LogP contribution in [0.15, 0.2) is 48.8 Å². The number of carbonyl (C=O) groups is 1. The van der Waals surface area contributed by atoms with Gasteiger partial charge in [-0.15, -0.1) is 0 Å². The number of carbonyl (C=O) groups excluding carboxylic acids is 1. The lowest BCUT2D eigenvalue weighted by Crippen LogP contribution is -2.47. The number of aromatic nitrogens is 3. The largest absolute Gasteiger partial charge is 0.324 e. The summed E-state index contributed by atoms with van der Waals surface area (Å²) in [5, 5.41) is 15.6. The molecule has 3 aromatic rings. The predicted octanol–water partition coefficient (Wildman–Crippen LogP) is 3.54. The van der Waals surface area contributed by atoms with Crippen LogP contribution in [0.5, 0.6) is 0 Å². The number of nitrogens with one attached hydrogen (secondary N) is 2. The fourth-order valence-corrected chi connectivity index (χ4v) is 3.56. The summed E-state index contributed by atoms with van der Waals surface area (Å²) in [4.78, 5) is 18.6. The molecular weight excluding hydrogens is 390 g/mol.